The number of sulfone groups is 1. The van der Waals surface area contributed by atoms with Crippen molar-refractivity contribution in [2.45, 2.75) is 11.8 Å². The Morgan fingerprint density at radius 2 is 1.81 bits per heavy atom. The van der Waals surface area contributed by atoms with E-state index in [1.807, 2.05) is 25.1 Å². The Hall–Kier alpha value is -2.07. The Bertz CT molecular complexity index is 744. The number of hydrogen-bond donors (Lipinski definition) is 0. The van der Waals surface area contributed by atoms with Gasteiger partial charge in [-0.2, -0.15) is 0 Å². The van der Waals surface area contributed by atoms with Crippen LogP contribution in [-0.4, -0.2) is 21.3 Å². The smallest absolute Gasteiger partial charge is 0.182 e. The molecule has 0 atom stereocenters. The molecule has 0 aromatic heterocycles. The molecule has 0 aliphatic rings. The molecule has 4 heteroatoms. The fourth-order valence-electron chi connectivity index (χ4n) is 1.98. The van der Waals surface area contributed by atoms with Gasteiger partial charge in [0.15, 0.2) is 9.84 Å². The molecule has 21 heavy (non-hydrogen) atoms. The van der Waals surface area contributed by atoms with Gasteiger partial charge in [0, 0.05) is 0 Å². The molecule has 0 unspecified atom stereocenters. The molecular weight excluding hydrogens is 284 g/mol. The molecule has 0 saturated heterocycles. The molecule has 0 amide bonds. The first-order chi connectivity index (χ1) is 9.92. The van der Waals surface area contributed by atoms with Gasteiger partial charge in [-0.15, -0.1) is 0 Å². The third-order valence-corrected chi connectivity index (χ3v) is 4.94. The molecule has 3 nitrogen and oxygen atoms in total. The lowest BCUT2D eigenvalue weighted by molar-refractivity contribution is 0.414. The monoisotopic (exact) mass is 302 g/mol. The Morgan fingerprint density at radius 3 is 2.43 bits per heavy atom. The average molecular weight is 302 g/mol. The van der Waals surface area contributed by atoms with Crippen molar-refractivity contribution in [3.05, 3.63) is 66.2 Å². The Labute approximate surface area is 125 Å². The van der Waals surface area contributed by atoms with Gasteiger partial charge in [-0.3, -0.25) is 0 Å². The second-order valence-corrected chi connectivity index (χ2v) is 6.90. The molecule has 0 N–H and O–H groups in total. The molecule has 110 valence electrons. The summed E-state index contributed by atoms with van der Waals surface area (Å²) in [5, 5.41) is 0. The SMILES string of the molecule is C=C(CS(=O)(=O)c1ccc(C)cc1)c1cccc(OC)c1. The zero-order chi connectivity index (χ0) is 15.5. The molecule has 0 radical (unpaired) electrons. The van der Waals surface area contributed by atoms with Crippen molar-refractivity contribution in [3.8, 4) is 5.75 Å². The highest BCUT2D eigenvalue weighted by atomic mass is 32.2. The van der Waals surface area contributed by atoms with E-state index in [0.29, 0.717) is 16.2 Å². The minimum Gasteiger partial charge on any atom is -0.497 e. The maximum Gasteiger partial charge on any atom is 0.182 e. The van der Waals surface area contributed by atoms with Gasteiger partial charge >= 0.3 is 0 Å². The highest BCUT2D eigenvalue weighted by Crippen LogP contribution is 2.23. The van der Waals surface area contributed by atoms with Crippen LogP contribution >= 0.6 is 0 Å². The van der Waals surface area contributed by atoms with E-state index >= 15 is 0 Å². The zero-order valence-electron chi connectivity index (χ0n) is 12.2. The first-order valence-corrected chi connectivity index (χ1v) is 8.19. The molecule has 0 heterocycles. The van der Waals surface area contributed by atoms with E-state index in [9.17, 15) is 8.42 Å². The van der Waals surface area contributed by atoms with Crippen LogP contribution in [0.25, 0.3) is 5.57 Å². The van der Waals surface area contributed by atoms with E-state index in [2.05, 4.69) is 6.58 Å². The second kappa shape index (κ2) is 6.14. The van der Waals surface area contributed by atoms with Gasteiger partial charge in [-0.1, -0.05) is 36.4 Å². The first-order valence-electron chi connectivity index (χ1n) is 6.54. The summed E-state index contributed by atoms with van der Waals surface area (Å²) >= 11 is 0. The third-order valence-electron chi connectivity index (χ3n) is 3.22. The van der Waals surface area contributed by atoms with Crippen molar-refractivity contribution < 1.29 is 13.2 Å². The Balaban J connectivity index is 2.23. The molecule has 0 saturated carbocycles. The van der Waals surface area contributed by atoms with Gasteiger partial charge in [-0.25, -0.2) is 8.42 Å². The lowest BCUT2D eigenvalue weighted by Crippen LogP contribution is -2.08. The van der Waals surface area contributed by atoms with E-state index in [1.54, 1.807) is 37.4 Å². The Kier molecular flexibility index (Phi) is 4.48. The summed E-state index contributed by atoms with van der Waals surface area (Å²) in [6.07, 6.45) is 0. The van der Waals surface area contributed by atoms with E-state index in [-0.39, 0.29) is 5.75 Å². The molecule has 0 aliphatic heterocycles. The average Bonchev–Trinajstić information content (AvgIpc) is 2.47. The highest BCUT2D eigenvalue weighted by Gasteiger charge is 2.16. The number of aryl methyl sites for hydroxylation is 1. The van der Waals surface area contributed by atoms with Crippen molar-refractivity contribution in [2.24, 2.45) is 0 Å². The van der Waals surface area contributed by atoms with Crippen molar-refractivity contribution in [1.82, 2.24) is 0 Å². The van der Waals surface area contributed by atoms with Crippen LogP contribution in [0.5, 0.6) is 5.75 Å². The van der Waals surface area contributed by atoms with Crippen LogP contribution in [0.4, 0.5) is 0 Å². The summed E-state index contributed by atoms with van der Waals surface area (Å²) in [5.41, 5.74) is 2.35. The topological polar surface area (TPSA) is 43.4 Å². The second-order valence-electron chi connectivity index (χ2n) is 4.91. The van der Waals surface area contributed by atoms with Gasteiger partial charge in [0.05, 0.1) is 17.8 Å². The maximum atomic E-state index is 12.4. The van der Waals surface area contributed by atoms with Crippen LogP contribution in [0.2, 0.25) is 0 Å². The van der Waals surface area contributed by atoms with E-state index in [0.717, 1.165) is 11.1 Å². The molecule has 2 rings (SSSR count). The predicted molar refractivity (Wildman–Crippen MR) is 85.3 cm³/mol. The van der Waals surface area contributed by atoms with E-state index in [1.165, 1.54) is 0 Å². The standard InChI is InChI=1S/C17H18O3S/c1-13-7-9-17(10-8-13)21(18,19)12-14(2)15-5-4-6-16(11-15)20-3/h4-11H,2,12H2,1,3H3. The number of rotatable bonds is 5. The number of hydrogen-bond acceptors (Lipinski definition) is 3. The van der Waals surface area contributed by atoms with Crippen molar-refractivity contribution in [1.29, 1.82) is 0 Å². The van der Waals surface area contributed by atoms with Crippen molar-refractivity contribution in [3.63, 3.8) is 0 Å². The van der Waals surface area contributed by atoms with Crippen LogP contribution in [0.1, 0.15) is 11.1 Å². The molecule has 0 fully saturated rings. The fraction of sp³-hybridized carbons (Fsp3) is 0.176. The van der Waals surface area contributed by atoms with Gasteiger partial charge in [0.1, 0.15) is 5.75 Å². The predicted octanol–water partition coefficient (Wildman–Crippen LogP) is 3.49. The van der Waals surface area contributed by atoms with Crippen molar-refractivity contribution >= 4 is 15.4 Å². The summed E-state index contributed by atoms with van der Waals surface area (Å²) in [6.45, 7) is 5.82. The summed E-state index contributed by atoms with van der Waals surface area (Å²) < 4.78 is 29.9. The maximum absolute atomic E-state index is 12.4. The van der Waals surface area contributed by atoms with Gasteiger partial charge in [0.2, 0.25) is 0 Å². The fourth-order valence-corrected chi connectivity index (χ4v) is 3.33. The lowest BCUT2D eigenvalue weighted by Gasteiger charge is -2.09. The van der Waals surface area contributed by atoms with Crippen LogP contribution in [0.15, 0.2) is 60.0 Å². The summed E-state index contributed by atoms with van der Waals surface area (Å²) in [4.78, 5) is 0.317. The lowest BCUT2D eigenvalue weighted by atomic mass is 10.1. The molecular formula is C17H18O3S. The van der Waals surface area contributed by atoms with Crippen LogP contribution < -0.4 is 4.74 Å². The molecule has 0 aliphatic carbocycles. The largest absolute Gasteiger partial charge is 0.497 e. The van der Waals surface area contributed by atoms with Gasteiger partial charge in [-0.05, 0) is 42.3 Å². The zero-order valence-corrected chi connectivity index (χ0v) is 13.0. The van der Waals surface area contributed by atoms with Crippen LogP contribution in [0, 0.1) is 6.92 Å². The summed E-state index contributed by atoms with van der Waals surface area (Å²) in [5.74, 6) is 0.574. The van der Waals surface area contributed by atoms with E-state index in [4.69, 9.17) is 4.74 Å². The quantitative estimate of drug-likeness (QED) is 0.849. The van der Waals surface area contributed by atoms with Crippen molar-refractivity contribution in [2.75, 3.05) is 12.9 Å². The number of methoxy groups -OCH3 is 1. The Morgan fingerprint density at radius 1 is 1.14 bits per heavy atom. The number of ether oxygens (including phenoxy) is 1. The minimum atomic E-state index is -3.38. The van der Waals surface area contributed by atoms with Crippen LogP contribution in [-0.2, 0) is 9.84 Å². The highest BCUT2D eigenvalue weighted by molar-refractivity contribution is 7.91. The van der Waals surface area contributed by atoms with E-state index < -0.39 is 9.84 Å². The minimum absolute atomic E-state index is 0.108. The summed E-state index contributed by atoms with van der Waals surface area (Å²) in [6, 6.07) is 14.1. The normalized spacial score (nSPS) is 11.1. The third kappa shape index (κ3) is 3.73. The molecule has 2 aromatic carbocycles. The summed E-state index contributed by atoms with van der Waals surface area (Å²) in [7, 11) is -1.81. The van der Waals surface area contributed by atoms with Crippen LogP contribution in [0.3, 0.4) is 0 Å². The number of benzene rings is 2. The van der Waals surface area contributed by atoms with Gasteiger partial charge < -0.3 is 4.74 Å². The molecule has 2 aromatic rings. The molecule has 0 spiro atoms. The first kappa shape index (κ1) is 15.3. The molecule has 0 bridgehead atoms. The van der Waals surface area contributed by atoms with Gasteiger partial charge in [0.25, 0.3) is 0 Å².